The first-order valence-electron chi connectivity index (χ1n) is 7.69. The van der Waals surface area contributed by atoms with Gasteiger partial charge >= 0.3 is 0 Å². The summed E-state index contributed by atoms with van der Waals surface area (Å²) in [7, 11) is 0. The monoisotopic (exact) mass is 261 g/mol. The Balaban J connectivity index is 1.86. The van der Waals surface area contributed by atoms with E-state index in [1.807, 2.05) is 13.0 Å². The summed E-state index contributed by atoms with van der Waals surface area (Å²) in [5.41, 5.74) is 8.18. The molecule has 2 N–H and O–H groups in total. The highest BCUT2D eigenvalue weighted by Gasteiger charge is 2.47. The third kappa shape index (κ3) is 2.31. The van der Waals surface area contributed by atoms with E-state index in [9.17, 15) is 4.39 Å². The molecule has 1 nitrogen and oxygen atoms in total. The molecule has 2 aliphatic carbocycles. The topological polar surface area (TPSA) is 26.0 Å². The van der Waals surface area contributed by atoms with Crippen LogP contribution in [0.3, 0.4) is 0 Å². The number of benzene rings is 1. The van der Waals surface area contributed by atoms with E-state index in [1.165, 1.54) is 19.3 Å². The summed E-state index contributed by atoms with van der Waals surface area (Å²) >= 11 is 0. The number of nitrogens with two attached hydrogens (primary N) is 1. The van der Waals surface area contributed by atoms with Gasteiger partial charge in [-0.25, -0.2) is 4.39 Å². The molecule has 0 saturated heterocycles. The minimum absolute atomic E-state index is 0.00340. The van der Waals surface area contributed by atoms with Gasteiger partial charge in [-0.3, -0.25) is 0 Å². The SMILES string of the molecule is CC(N)C1(c2ccc(C3CCCCC3)c(F)c2)CC1. The van der Waals surface area contributed by atoms with Crippen LogP contribution in [0.2, 0.25) is 0 Å². The van der Waals surface area contributed by atoms with E-state index in [1.54, 1.807) is 6.07 Å². The molecule has 1 aromatic carbocycles. The highest BCUT2D eigenvalue weighted by atomic mass is 19.1. The summed E-state index contributed by atoms with van der Waals surface area (Å²) in [6.45, 7) is 2.04. The number of hydrogen-bond acceptors (Lipinski definition) is 1. The Morgan fingerprint density at radius 3 is 2.42 bits per heavy atom. The highest BCUT2D eigenvalue weighted by Crippen LogP contribution is 2.50. The molecular weight excluding hydrogens is 237 g/mol. The molecule has 0 bridgehead atoms. The van der Waals surface area contributed by atoms with Gasteiger partial charge in [-0.2, -0.15) is 0 Å². The Kier molecular flexibility index (Phi) is 3.38. The first kappa shape index (κ1) is 13.1. The predicted octanol–water partition coefficient (Wildman–Crippen LogP) is 4.25. The van der Waals surface area contributed by atoms with Crippen molar-refractivity contribution in [2.75, 3.05) is 0 Å². The molecule has 1 aromatic rings. The lowest BCUT2D eigenvalue weighted by atomic mass is 9.82. The van der Waals surface area contributed by atoms with Crippen molar-refractivity contribution in [2.45, 2.75) is 69.2 Å². The maximum atomic E-state index is 14.4. The Morgan fingerprint density at radius 2 is 1.89 bits per heavy atom. The first-order valence-corrected chi connectivity index (χ1v) is 7.69. The van der Waals surface area contributed by atoms with E-state index < -0.39 is 0 Å². The van der Waals surface area contributed by atoms with Crippen molar-refractivity contribution in [3.05, 3.63) is 35.1 Å². The van der Waals surface area contributed by atoms with Crippen LogP contribution in [0.25, 0.3) is 0 Å². The van der Waals surface area contributed by atoms with E-state index in [4.69, 9.17) is 5.73 Å². The molecule has 0 radical (unpaired) electrons. The summed E-state index contributed by atoms with van der Waals surface area (Å²) in [5, 5.41) is 0. The molecule has 2 fully saturated rings. The molecule has 104 valence electrons. The lowest BCUT2D eigenvalue weighted by molar-refractivity contribution is 0.428. The minimum Gasteiger partial charge on any atom is -0.327 e. The second kappa shape index (κ2) is 4.90. The fourth-order valence-corrected chi connectivity index (χ4v) is 3.72. The molecular formula is C17H24FN. The van der Waals surface area contributed by atoms with Crippen LogP contribution >= 0.6 is 0 Å². The fraction of sp³-hybridized carbons (Fsp3) is 0.647. The van der Waals surface area contributed by atoms with E-state index in [0.717, 1.165) is 36.8 Å². The van der Waals surface area contributed by atoms with Crippen molar-refractivity contribution in [1.29, 1.82) is 0 Å². The summed E-state index contributed by atoms with van der Waals surface area (Å²) in [5.74, 6) is 0.435. The smallest absolute Gasteiger partial charge is 0.126 e. The van der Waals surface area contributed by atoms with Crippen molar-refractivity contribution in [3.8, 4) is 0 Å². The van der Waals surface area contributed by atoms with Gasteiger partial charge in [0.25, 0.3) is 0 Å². The van der Waals surface area contributed by atoms with Crippen LogP contribution in [-0.4, -0.2) is 6.04 Å². The molecule has 1 atom stereocenters. The Labute approximate surface area is 115 Å². The van der Waals surface area contributed by atoms with Gasteiger partial charge in [0.1, 0.15) is 5.82 Å². The van der Waals surface area contributed by atoms with E-state index in [0.29, 0.717) is 5.92 Å². The second-order valence-electron chi connectivity index (χ2n) is 6.52. The van der Waals surface area contributed by atoms with Gasteiger partial charge in [-0.05, 0) is 55.7 Å². The molecule has 0 amide bonds. The Morgan fingerprint density at radius 1 is 1.21 bits per heavy atom. The zero-order valence-electron chi connectivity index (χ0n) is 11.8. The van der Waals surface area contributed by atoms with E-state index in [2.05, 4.69) is 6.07 Å². The standard InChI is InChI=1S/C17H24FN/c1-12(19)17(9-10-17)14-7-8-15(16(18)11-14)13-5-3-2-4-6-13/h7-8,11-13H,2-6,9-10,19H2,1H3. The van der Waals surface area contributed by atoms with E-state index in [-0.39, 0.29) is 17.3 Å². The molecule has 2 heteroatoms. The lowest BCUT2D eigenvalue weighted by Gasteiger charge is -2.25. The van der Waals surface area contributed by atoms with Crippen LogP contribution < -0.4 is 5.73 Å². The van der Waals surface area contributed by atoms with E-state index >= 15 is 0 Å². The average Bonchev–Trinajstić information content (AvgIpc) is 3.21. The predicted molar refractivity (Wildman–Crippen MR) is 76.8 cm³/mol. The van der Waals surface area contributed by atoms with Crippen LogP contribution in [0, 0.1) is 5.82 Å². The van der Waals surface area contributed by atoms with Crippen molar-refractivity contribution in [3.63, 3.8) is 0 Å². The highest BCUT2D eigenvalue weighted by molar-refractivity contribution is 5.37. The zero-order valence-corrected chi connectivity index (χ0v) is 11.8. The van der Waals surface area contributed by atoms with Crippen molar-refractivity contribution < 1.29 is 4.39 Å². The minimum atomic E-state index is -0.00340. The quantitative estimate of drug-likeness (QED) is 0.864. The first-order chi connectivity index (χ1) is 9.13. The van der Waals surface area contributed by atoms with Crippen LogP contribution in [0.5, 0.6) is 0 Å². The van der Waals surface area contributed by atoms with Gasteiger partial charge in [-0.1, -0.05) is 31.4 Å². The van der Waals surface area contributed by atoms with Crippen LogP contribution in [0.15, 0.2) is 18.2 Å². The van der Waals surface area contributed by atoms with Crippen molar-refractivity contribution in [1.82, 2.24) is 0 Å². The molecule has 0 aliphatic heterocycles. The lowest BCUT2D eigenvalue weighted by Crippen LogP contribution is -2.31. The number of hydrogen-bond donors (Lipinski definition) is 1. The number of halogens is 1. The van der Waals surface area contributed by atoms with Gasteiger partial charge in [0, 0.05) is 11.5 Å². The largest absolute Gasteiger partial charge is 0.327 e. The maximum Gasteiger partial charge on any atom is 0.126 e. The third-order valence-electron chi connectivity index (χ3n) is 5.28. The summed E-state index contributed by atoms with van der Waals surface area (Å²) < 4.78 is 14.4. The fourth-order valence-electron chi connectivity index (χ4n) is 3.72. The van der Waals surface area contributed by atoms with Gasteiger partial charge in [-0.15, -0.1) is 0 Å². The molecule has 1 unspecified atom stereocenters. The molecule has 2 aliphatic rings. The third-order valence-corrected chi connectivity index (χ3v) is 5.28. The summed E-state index contributed by atoms with van der Waals surface area (Å²) in [4.78, 5) is 0. The van der Waals surface area contributed by atoms with Crippen molar-refractivity contribution in [2.24, 2.45) is 5.73 Å². The van der Waals surface area contributed by atoms with Gasteiger partial charge in [0.2, 0.25) is 0 Å². The Hall–Kier alpha value is -0.890. The molecule has 3 rings (SSSR count). The average molecular weight is 261 g/mol. The molecule has 19 heavy (non-hydrogen) atoms. The second-order valence-corrected chi connectivity index (χ2v) is 6.52. The summed E-state index contributed by atoms with van der Waals surface area (Å²) in [6, 6.07) is 6.04. The zero-order chi connectivity index (χ0) is 13.5. The molecule has 0 aromatic heterocycles. The normalized spacial score (nSPS) is 24.2. The van der Waals surface area contributed by atoms with Crippen LogP contribution in [0.4, 0.5) is 4.39 Å². The molecule has 0 heterocycles. The van der Waals surface area contributed by atoms with Gasteiger partial charge < -0.3 is 5.73 Å². The molecule has 2 saturated carbocycles. The van der Waals surface area contributed by atoms with Crippen LogP contribution in [0.1, 0.15) is 68.9 Å². The summed E-state index contributed by atoms with van der Waals surface area (Å²) in [6.07, 6.45) is 8.30. The van der Waals surface area contributed by atoms with Crippen molar-refractivity contribution >= 4 is 0 Å². The van der Waals surface area contributed by atoms with Gasteiger partial charge in [0.15, 0.2) is 0 Å². The molecule has 0 spiro atoms. The maximum absolute atomic E-state index is 14.4. The Bertz CT molecular complexity index is 456. The van der Waals surface area contributed by atoms with Crippen LogP contribution in [-0.2, 0) is 5.41 Å². The van der Waals surface area contributed by atoms with Gasteiger partial charge in [0.05, 0.1) is 0 Å². The number of rotatable bonds is 3.